The van der Waals surface area contributed by atoms with Crippen LogP contribution in [0.2, 0.25) is 0 Å². The Balaban J connectivity index is 0.00000384. The molecular weight excluding hydrogens is 607 g/mol. The van der Waals surface area contributed by atoms with Crippen molar-refractivity contribution < 1.29 is 22.8 Å². The van der Waals surface area contributed by atoms with Crippen LogP contribution in [0.5, 0.6) is 0 Å². The second-order valence-corrected chi connectivity index (χ2v) is 14.6. The summed E-state index contributed by atoms with van der Waals surface area (Å²) in [5, 5.41) is 9.98. The van der Waals surface area contributed by atoms with Crippen LogP contribution >= 0.6 is 0 Å². The summed E-state index contributed by atoms with van der Waals surface area (Å²) >= 11 is 0. The van der Waals surface area contributed by atoms with Crippen LogP contribution in [0.1, 0.15) is 121 Å². The largest absolute Gasteiger partial charge is 0.433 e. The molecule has 9 nitrogen and oxygen atoms in total. The van der Waals surface area contributed by atoms with Crippen LogP contribution in [-0.4, -0.2) is 45.5 Å². The van der Waals surface area contributed by atoms with E-state index in [1.54, 1.807) is 12.1 Å². The number of amidine groups is 1. The Morgan fingerprint density at radius 2 is 1.66 bits per heavy atom. The van der Waals surface area contributed by atoms with Gasteiger partial charge in [-0.25, -0.2) is 0 Å². The first kappa shape index (κ1) is 39.4. The van der Waals surface area contributed by atoms with E-state index in [2.05, 4.69) is 51.8 Å². The maximum atomic E-state index is 14.5. The summed E-state index contributed by atoms with van der Waals surface area (Å²) in [4.78, 5) is 37.6. The first-order valence-electron chi connectivity index (χ1n) is 15.5. The lowest BCUT2D eigenvalue weighted by molar-refractivity contribution is -0.141. The molecule has 1 aromatic carbocycles. The average molecular weight is 660 g/mol. The van der Waals surface area contributed by atoms with Crippen molar-refractivity contribution in [2.45, 2.75) is 105 Å². The van der Waals surface area contributed by atoms with Crippen LogP contribution < -0.4 is 17.2 Å². The van der Waals surface area contributed by atoms with Gasteiger partial charge in [-0.2, -0.15) is 13.2 Å². The number of hydrogen-bond donors (Lipinski definition) is 4. The Labute approximate surface area is 277 Å². The maximum absolute atomic E-state index is 14.5. The number of halogens is 3. The minimum atomic E-state index is -4.59. The number of carbonyl (C=O) groups excluding carboxylic acids is 2. The molecule has 1 aromatic heterocycles. The highest BCUT2D eigenvalue weighted by Crippen LogP contribution is 2.50. The fourth-order valence-corrected chi connectivity index (χ4v) is 6.38. The summed E-state index contributed by atoms with van der Waals surface area (Å²) in [6.07, 6.45) is 0.907. The summed E-state index contributed by atoms with van der Waals surface area (Å²) in [7, 11) is 0. The van der Waals surface area contributed by atoms with Gasteiger partial charge in [-0.05, 0) is 85.1 Å². The molecule has 0 unspecified atom stereocenters. The van der Waals surface area contributed by atoms with Gasteiger partial charge in [0.1, 0.15) is 22.9 Å². The first-order chi connectivity index (χ1) is 20.8. The third kappa shape index (κ3) is 9.18. The fourth-order valence-electron chi connectivity index (χ4n) is 6.38. The lowest BCUT2D eigenvalue weighted by atomic mass is 9.69. The summed E-state index contributed by atoms with van der Waals surface area (Å²) in [6, 6.07) is 8.86. The Hall–Kier alpha value is -3.80. The van der Waals surface area contributed by atoms with Gasteiger partial charge in [-0.1, -0.05) is 61.1 Å². The molecule has 2 aromatic rings. The van der Waals surface area contributed by atoms with Crippen molar-refractivity contribution >= 4 is 23.4 Å². The SMILES string of the molecule is C.CC(C)(C)CC[C@H](c1ccc(C(=O)NCC(=N)N)cc1)N1C(=O)C(c2ccc(C(F)(F)F)nc2)=NC12CCC(C(C)(C)C)CC2.N. The number of aliphatic imine (C=N–C) groups is 1. The van der Waals surface area contributed by atoms with Crippen LogP contribution in [0.25, 0.3) is 0 Å². The number of pyridine rings is 1. The number of nitrogens with two attached hydrogens (primary N) is 1. The number of hydrogen-bond acceptors (Lipinski definition) is 6. The third-order valence-corrected chi connectivity index (χ3v) is 9.00. The number of rotatable bonds is 8. The van der Waals surface area contributed by atoms with Gasteiger partial charge in [0, 0.05) is 17.3 Å². The number of carbonyl (C=O) groups is 2. The Bertz CT molecular complexity index is 1430. The Kier molecular flexibility index (Phi) is 12.2. The van der Waals surface area contributed by atoms with Gasteiger partial charge in [-0.15, -0.1) is 0 Å². The zero-order valence-electron chi connectivity index (χ0n) is 27.7. The number of nitrogens with one attached hydrogen (secondary N) is 2. The summed E-state index contributed by atoms with van der Waals surface area (Å²) in [6.45, 7) is 13.0. The van der Waals surface area contributed by atoms with Gasteiger partial charge in [0.15, 0.2) is 0 Å². The number of aromatic nitrogens is 1. The van der Waals surface area contributed by atoms with E-state index in [1.165, 1.54) is 6.07 Å². The van der Waals surface area contributed by atoms with Crippen LogP contribution in [-0.2, 0) is 11.0 Å². The van der Waals surface area contributed by atoms with E-state index in [0.717, 1.165) is 37.1 Å². The molecule has 1 fully saturated rings. The minimum Gasteiger partial charge on any atom is -0.386 e. The van der Waals surface area contributed by atoms with Crippen molar-refractivity contribution in [2.24, 2.45) is 27.5 Å². The fraction of sp³-hybridized carbons (Fsp3) is 0.571. The Morgan fingerprint density at radius 3 is 2.13 bits per heavy atom. The summed E-state index contributed by atoms with van der Waals surface area (Å²) in [5.41, 5.74) is 5.19. The molecule has 7 N–H and O–H groups in total. The van der Waals surface area contributed by atoms with Crippen molar-refractivity contribution in [1.29, 1.82) is 5.41 Å². The molecule has 2 amide bonds. The molecule has 260 valence electrons. The van der Waals surface area contributed by atoms with Crippen molar-refractivity contribution in [1.82, 2.24) is 21.4 Å². The zero-order valence-corrected chi connectivity index (χ0v) is 27.7. The van der Waals surface area contributed by atoms with Crippen LogP contribution in [0.3, 0.4) is 0 Å². The van der Waals surface area contributed by atoms with Gasteiger partial charge >= 0.3 is 6.18 Å². The topological polar surface area (TPSA) is 160 Å². The lowest BCUT2D eigenvalue weighted by Crippen LogP contribution is -2.51. The smallest absolute Gasteiger partial charge is 0.386 e. The zero-order chi connectivity index (χ0) is 33.4. The predicted octanol–water partition coefficient (Wildman–Crippen LogP) is 7.70. The molecule has 4 rings (SSSR count). The van der Waals surface area contributed by atoms with Crippen LogP contribution in [0.15, 0.2) is 47.6 Å². The highest BCUT2D eigenvalue weighted by molar-refractivity contribution is 6.46. The molecule has 1 aliphatic heterocycles. The highest BCUT2D eigenvalue weighted by atomic mass is 19.4. The summed E-state index contributed by atoms with van der Waals surface area (Å²) < 4.78 is 39.8. The molecule has 0 bridgehead atoms. The number of nitrogens with zero attached hydrogens (tertiary/aromatic N) is 3. The molecule has 1 saturated carbocycles. The molecule has 1 atom stereocenters. The van der Waals surface area contributed by atoms with Gasteiger partial charge in [0.25, 0.3) is 11.8 Å². The number of benzene rings is 1. The van der Waals surface area contributed by atoms with E-state index in [9.17, 15) is 22.8 Å². The summed E-state index contributed by atoms with van der Waals surface area (Å²) in [5.74, 6) is -0.404. The minimum absolute atomic E-state index is 0. The number of amides is 2. The average Bonchev–Trinajstić information content (AvgIpc) is 3.22. The molecule has 0 saturated heterocycles. The van der Waals surface area contributed by atoms with E-state index in [1.807, 2.05) is 17.0 Å². The standard InChI is InChI=1S/C34H45F3N6O2.CH4.H3N/c1-31(2,3)16-15-25(21-7-9-22(10-8-21)29(44)41-20-27(38)39)43-30(45)28(23-11-12-26(40-19-23)34(35,36)37)42-33(43)17-13-24(14-18-33)32(4,5)6;;/h7-12,19,24-25H,13-18,20H2,1-6H3,(H3,38,39)(H,41,44);1H4;1H3/t24?,25-,33?;;/m1../s1. The normalized spacial score (nSPS) is 20.6. The number of alkyl halides is 3. The molecular formula is C35H52F3N7O2. The van der Waals surface area contributed by atoms with E-state index in [0.29, 0.717) is 30.7 Å². The van der Waals surface area contributed by atoms with Gasteiger partial charge in [0.2, 0.25) is 0 Å². The van der Waals surface area contributed by atoms with Crippen LogP contribution in [0.4, 0.5) is 13.2 Å². The van der Waals surface area contributed by atoms with Crippen molar-refractivity contribution in [3.63, 3.8) is 0 Å². The van der Waals surface area contributed by atoms with E-state index < -0.39 is 17.5 Å². The van der Waals surface area contributed by atoms with Crippen LogP contribution in [0, 0.1) is 22.2 Å². The van der Waals surface area contributed by atoms with Gasteiger partial charge < -0.3 is 22.1 Å². The lowest BCUT2D eigenvalue weighted by Gasteiger charge is -2.47. The highest BCUT2D eigenvalue weighted by Gasteiger charge is 2.53. The quantitative estimate of drug-likeness (QED) is 0.169. The molecule has 2 aliphatic rings. The first-order valence-corrected chi connectivity index (χ1v) is 15.5. The van der Waals surface area contributed by atoms with Gasteiger partial charge in [-0.3, -0.25) is 25.0 Å². The molecule has 0 radical (unpaired) electrons. The molecule has 47 heavy (non-hydrogen) atoms. The molecule has 1 aliphatic carbocycles. The molecule has 12 heteroatoms. The van der Waals surface area contributed by atoms with Crippen molar-refractivity contribution in [3.8, 4) is 0 Å². The van der Waals surface area contributed by atoms with Crippen molar-refractivity contribution in [3.05, 3.63) is 65.0 Å². The molecule has 1 spiro atoms. The third-order valence-electron chi connectivity index (χ3n) is 9.00. The maximum Gasteiger partial charge on any atom is 0.433 e. The predicted molar refractivity (Wildman–Crippen MR) is 181 cm³/mol. The Morgan fingerprint density at radius 1 is 1.06 bits per heavy atom. The van der Waals surface area contributed by atoms with Crippen molar-refractivity contribution in [2.75, 3.05) is 6.54 Å². The van der Waals surface area contributed by atoms with E-state index >= 15 is 0 Å². The van der Waals surface area contributed by atoms with Gasteiger partial charge in [0.05, 0.1) is 12.6 Å². The second kappa shape index (κ2) is 14.5. The van der Waals surface area contributed by atoms with E-state index in [4.69, 9.17) is 16.1 Å². The second-order valence-electron chi connectivity index (χ2n) is 14.6. The van der Waals surface area contributed by atoms with E-state index in [-0.39, 0.29) is 65.9 Å². The molecule has 2 heterocycles. The monoisotopic (exact) mass is 659 g/mol.